The van der Waals surface area contributed by atoms with E-state index in [0.29, 0.717) is 30.0 Å². The predicted molar refractivity (Wildman–Crippen MR) is 150 cm³/mol. The molecule has 0 unspecified atom stereocenters. The average Bonchev–Trinajstić information content (AvgIpc) is 3.41. The summed E-state index contributed by atoms with van der Waals surface area (Å²) in [7, 11) is -2.51. The van der Waals surface area contributed by atoms with Crippen molar-refractivity contribution in [3.8, 4) is 11.1 Å². The number of nitrogens with zero attached hydrogens (tertiary/aromatic N) is 1. The molecule has 0 saturated heterocycles. The van der Waals surface area contributed by atoms with Crippen molar-refractivity contribution in [3.63, 3.8) is 0 Å². The van der Waals surface area contributed by atoms with E-state index in [2.05, 4.69) is 25.2 Å². The van der Waals surface area contributed by atoms with E-state index in [1.54, 1.807) is 6.92 Å². The lowest BCUT2D eigenvalue weighted by molar-refractivity contribution is -0.110. The molecule has 2 aromatic carbocycles. The number of likely N-dealkylation sites (N-methyl/N-ethyl adjacent to an activating group) is 1. The predicted octanol–water partition coefficient (Wildman–Crippen LogP) is 3.74. The van der Waals surface area contributed by atoms with Crippen LogP contribution in [0.15, 0.2) is 41.3 Å². The molecule has 0 fully saturated rings. The molecule has 12 heteroatoms. The first-order valence-corrected chi connectivity index (χ1v) is 14.3. The van der Waals surface area contributed by atoms with Gasteiger partial charge in [-0.2, -0.15) is 0 Å². The van der Waals surface area contributed by atoms with Gasteiger partial charge in [0.05, 0.1) is 16.0 Å². The first kappa shape index (κ1) is 29.1. The molecule has 40 heavy (non-hydrogen) atoms. The Kier molecular flexibility index (Phi) is 8.52. The van der Waals surface area contributed by atoms with E-state index in [4.69, 9.17) is 0 Å². The van der Waals surface area contributed by atoms with Gasteiger partial charge in [0.15, 0.2) is 0 Å². The van der Waals surface area contributed by atoms with Crippen LogP contribution in [0.4, 0.5) is 14.5 Å². The summed E-state index contributed by atoms with van der Waals surface area (Å²) in [4.78, 5) is 31.5. The fraction of sp³-hybridized carbons (Fsp3) is 0.286. The first-order valence-electron chi connectivity index (χ1n) is 12.8. The maximum atomic E-state index is 15.1. The summed E-state index contributed by atoms with van der Waals surface area (Å²) in [6.07, 6.45) is 1.44. The molecule has 1 aromatic heterocycles. The molecule has 1 aliphatic rings. The summed E-state index contributed by atoms with van der Waals surface area (Å²) in [5.41, 5.74) is 1.76. The van der Waals surface area contributed by atoms with Crippen LogP contribution in [-0.2, 0) is 14.8 Å². The van der Waals surface area contributed by atoms with Gasteiger partial charge in [-0.3, -0.25) is 9.59 Å². The summed E-state index contributed by atoms with van der Waals surface area (Å²) >= 11 is 0. The molecule has 9 nitrogen and oxygen atoms in total. The zero-order chi connectivity index (χ0) is 29.2. The smallest absolute Gasteiger partial charge is 0.256 e. The third-order valence-corrected chi connectivity index (χ3v) is 8.31. The fourth-order valence-electron chi connectivity index (χ4n) is 4.71. The molecule has 0 bridgehead atoms. The van der Waals surface area contributed by atoms with Crippen LogP contribution in [-0.4, -0.2) is 63.3 Å². The third-order valence-electron chi connectivity index (χ3n) is 6.89. The van der Waals surface area contributed by atoms with Gasteiger partial charge in [0, 0.05) is 52.9 Å². The van der Waals surface area contributed by atoms with Gasteiger partial charge in [0.25, 0.3) is 11.8 Å². The zero-order valence-electron chi connectivity index (χ0n) is 22.6. The fourth-order valence-corrected chi connectivity index (χ4v) is 5.46. The van der Waals surface area contributed by atoms with Crippen molar-refractivity contribution >= 4 is 39.2 Å². The Morgan fingerprint density at radius 1 is 1.07 bits per heavy atom. The van der Waals surface area contributed by atoms with E-state index in [0.717, 1.165) is 25.2 Å². The monoisotopic (exact) mass is 571 g/mol. The number of carbonyl (C=O) groups excluding carboxylic acids is 2. The number of H-pyrrole nitrogens is 1. The van der Waals surface area contributed by atoms with E-state index in [1.165, 1.54) is 37.4 Å². The normalized spacial score (nSPS) is 14.1. The number of amides is 2. The SMILES string of the molecule is CCN(CC)CCNC(=O)c1c(C)[nH]c(/C=C2\C(=O)Nc3ccc(S(=O)(=O)NC)cc32)c1-c1ccc(F)cc1F. The number of sulfonamides is 1. The van der Waals surface area contributed by atoms with E-state index in [-0.39, 0.29) is 32.9 Å². The lowest BCUT2D eigenvalue weighted by atomic mass is 9.97. The van der Waals surface area contributed by atoms with Crippen molar-refractivity contribution in [2.75, 3.05) is 38.5 Å². The summed E-state index contributed by atoms with van der Waals surface area (Å²) < 4.78 is 55.9. The van der Waals surface area contributed by atoms with Gasteiger partial charge >= 0.3 is 0 Å². The van der Waals surface area contributed by atoms with E-state index in [9.17, 15) is 22.4 Å². The molecule has 4 N–H and O–H groups in total. The van der Waals surface area contributed by atoms with Crippen molar-refractivity contribution in [1.82, 2.24) is 19.9 Å². The summed E-state index contributed by atoms with van der Waals surface area (Å²) in [6.45, 7) is 8.29. The number of aryl methyl sites for hydroxylation is 1. The van der Waals surface area contributed by atoms with Crippen LogP contribution in [0.1, 0.15) is 41.2 Å². The number of hydrogen-bond acceptors (Lipinski definition) is 5. The Balaban J connectivity index is 1.84. The van der Waals surface area contributed by atoms with Crippen LogP contribution in [0.3, 0.4) is 0 Å². The second kappa shape index (κ2) is 11.7. The van der Waals surface area contributed by atoms with Crippen LogP contribution >= 0.6 is 0 Å². The second-order valence-electron chi connectivity index (χ2n) is 9.25. The Hall–Kier alpha value is -3.87. The maximum absolute atomic E-state index is 15.1. The first-order chi connectivity index (χ1) is 19.0. The number of nitrogens with one attached hydrogen (secondary N) is 4. The molecular weight excluding hydrogens is 540 g/mol. The van der Waals surface area contributed by atoms with Crippen molar-refractivity contribution in [2.24, 2.45) is 0 Å². The number of aromatic nitrogens is 1. The lowest BCUT2D eigenvalue weighted by Gasteiger charge is -2.18. The van der Waals surface area contributed by atoms with Crippen LogP contribution in [0.25, 0.3) is 22.8 Å². The molecule has 3 aromatic rings. The van der Waals surface area contributed by atoms with Gasteiger partial charge in [0.1, 0.15) is 11.6 Å². The molecule has 2 heterocycles. The largest absolute Gasteiger partial charge is 0.358 e. The van der Waals surface area contributed by atoms with Crippen LogP contribution in [0, 0.1) is 18.6 Å². The van der Waals surface area contributed by atoms with Gasteiger partial charge in [-0.05, 0) is 63.5 Å². The highest BCUT2D eigenvalue weighted by atomic mass is 32.2. The van der Waals surface area contributed by atoms with Crippen molar-refractivity contribution < 1.29 is 26.8 Å². The highest BCUT2D eigenvalue weighted by molar-refractivity contribution is 7.89. The zero-order valence-corrected chi connectivity index (χ0v) is 23.4. The number of halogens is 2. The maximum Gasteiger partial charge on any atom is 0.256 e. The van der Waals surface area contributed by atoms with Crippen LogP contribution in [0.2, 0.25) is 0 Å². The molecular formula is C28H31F2N5O4S. The molecule has 0 aliphatic carbocycles. The number of hydrogen-bond donors (Lipinski definition) is 4. The van der Waals surface area contributed by atoms with Gasteiger partial charge < -0.3 is 20.5 Å². The minimum absolute atomic E-state index is 0.0309. The number of carbonyl (C=O) groups is 2. The van der Waals surface area contributed by atoms with Crippen molar-refractivity contribution in [3.05, 3.63) is 70.5 Å². The van der Waals surface area contributed by atoms with Crippen molar-refractivity contribution in [1.29, 1.82) is 0 Å². The highest BCUT2D eigenvalue weighted by Crippen LogP contribution is 2.38. The van der Waals surface area contributed by atoms with Gasteiger partial charge in [0.2, 0.25) is 10.0 Å². The Labute approximate surface area is 231 Å². The molecule has 212 valence electrons. The molecule has 0 atom stereocenters. The molecule has 4 rings (SSSR count). The molecule has 0 radical (unpaired) electrons. The topological polar surface area (TPSA) is 123 Å². The lowest BCUT2D eigenvalue weighted by Crippen LogP contribution is -2.35. The number of benzene rings is 2. The minimum atomic E-state index is -3.79. The van der Waals surface area contributed by atoms with Gasteiger partial charge in [-0.1, -0.05) is 13.8 Å². The molecule has 0 spiro atoms. The van der Waals surface area contributed by atoms with Gasteiger partial charge in [-0.15, -0.1) is 0 Å². The Bertz CT molecular complexity index is 1610. The average molecular weight is 572 g/mol. The molecule has 0 saturated carbocycles. The number of rotatable bonds is 10. The Morgan fingerprint density at radius 3 is 2.45 bits per heavy atom. The molecule has 1 aliphatic heterocycles. The standard InChI is InChI=1S/C28H31F2N5O4S/c1-5-35(6-2)12-11-32-28(37)25-16(3)33-24(26(25)19-9-7-17(29)13-22(19)30)15-21-20-14-18(40(38,39)31-4)8-10-23(20)34-27(21)36/h7-10,13-15,31,33H,5-6,11-12H2,1-4H3,(H,32,37)(H,34,36)/b21-15-. The van der Waals surface area contributed by atoms with E-state index in [1.807, 2.05) is 13.8 Å². The van der Waals surface area contributed by atoms with Crippen LogP contribution in [0.5, 0.6) is 0 Å². The third kappa shape index (κ3) is 5.69. The summed E-state index contributed by atoms with van der Waals surface area (Å²) in [6, 6.07) is 7.26. The second-order valence-corrected chi connectivity index (χ2v) is 11.1. The summed E-state index contributed by atoms with van der Waals surface area (Å²) in [5.74, 6) is -2.62. The Morgan fingerprint density at radius 2 is 1.80 bits per heavy atom. The van der Waals surface area contributed by atoms with Gasteiger partial charge in [-0.25, -0.2) is 21.9 Å². The van der Waals surface area contributed by atoms with E-state index >= 15 is 4.39 Å². The van der Waals surface area contributed by atoms with E-state index < -0.39 is 33.5 Å². The number of fused-ring (bicyclic) bond motifs is 1. The minimum Gasteiger partial charge on any atom is -0.358 e. The highest BCUT2D eigenvalue weighted by Gasteiger charge is 2.29. The quantitative estimate of drug-likeness (QED) is 0.276. The van der Waals surface area contributed by atoms with Crippen LogP contribution < -0.4 is 15.4 Å². The summed E-state index contributed by atoms with van der Waals surface area (Å²) in [5, 5.41) is 5.56. The van der Waals surface area contributed by atoms with Crippen molar-refractivity contribution in [2.45, 2.75) is 25.7 Å². The number of anilines is 1. The number of aromatic amines is 1. The molecule has 2 amide bonds.